The molecule has 0 spiro atoms. The van der Waals surface area contributed by atoms with Crippen molar-refractivity contribution in [2.45, 2.75) is 32.0 Å². The highest BCUT2D eigenvalue weighted by molar-refractivity contribution is 5.94. The predicted octanol–water partition coefficient (Wildman–Crippen LogP) is 1.28. The summed E-state index contributed by atoms with van der Waals surface area (Å²) in [6.07, 6.45) is 0.184. The van der Waals surface area contributed by atoms with Gasteiger partial charge < -0.3 is 25.0 Å². The number of likely N-dealkylation sites (tertiary alicyclic amines) is 1. The fourth-order valence-corrected chi connectivity index (χ4v) is 3.61. The Balaban J connectivity index is 1.71. The minimum Gasteiger partial charge on any atom is -0.497 e. The van der Waals surface area contributed by atoms with Crippen molar-refractivity contribution in [3.8, 4) is 11.5 Å². The molecule has 1 heterocycles. The lowest BCUT2D eigenvalue weighted by molar-refractivity contribution is -0.154. The average Bonchev–Trinajstić information content (AvgIpc) is 2.77. The third-order valence-electron chi connectivity index (χ3n) is 5.25. The third-order valence-corrected chi connectivity index (χ3v) is 5.25. The first-order valence-electron chi connectivity index (χ1n) is 10.0. The van der Waals surface area contributed by atoms with Crippen LogP contribution in [0.3, 0.4) is 0 Å². The van der Waals surface area contributed by atoms with E-state index in [2.05, 4.69) is 10.6 Å². The molecule has 2 atom stereocenters. The summed E-state index contributed by atoms with van der Waals surface area (Å²) in [5.41, 5.74) is 1.67. The van der Waals surface area contributed by atoms with E-state index < -0.39 is 6.04 Å². The maximum atomic E-state index is 12.9. The normalized spacial score (nSPS) is 17.5. The SMILES string of the molecule is COc1ccc(CN2C(=O)C(NC(=O)Cc3ccccc3)C2CNC(C)=O)c(OC)c1. The van der Waals surface area contributed by atoms with E-state index >= 15 is 0 Å². The van der Waals surface area contributed by atoms with Gasteiger partial charge in [-0.15, -0.1) is 0 Å². The Labute approximate surface area is 181 Å². The molecule has 3 rings (SSSR count). The number of nitrogens with zero attached hydrogens (tertiary/aromatic N) is 1. The van der Waals surface area contributed by atoms with Crippen LogP contribution in [0.2, 0.25) is 0 Å². The Bertz CT molecular complexity index is 947. The zero-order valence-corrected chi connectivity index (χ0v) is 17.9. The number of nitrogens with one attached hydrogen (secondary N) is 2. The highest BCUT2D eigenvalue weighted by atomic mass is 16.5. The second kappa shape index (κ2) is 9.97. The van der Waals surface area contributed by atoms with Gasteiger partial charge in [0, 0.05) is 31.6 Å². The maximum absolute atomic E-state index is 12.9. The van der Waals surface area contributed by atoms with Crippen molar-refractivity contribution in [2.75, 3.05) is 20.8 Å². The van der Waals surface area contributed by atoms with E-state index in [1.165, 1.54) is 6.92 Å². The first kappa shape index (κ1) is 22.1. The van der Waals surface area contributed by atoms with Crippen molar-refractivity contribution in [1.82, 2.24) is 15.5 Å². The number of methoxy groups -OCH3 is 2. The minimum absolute atomic E-state index is 0.184. The molecule has 1 aliphatic heterocycles. The molecular formula is C23H27N3O5. The van der Waals surface area contributed by atoms with Crippen LogP contribution in [0.5, 0.6) is 11.5 Å². The molecule has 8 heteroatoms. The molecule has 2 N–H and O–H groups in total. The molecule has 3 amide bonds. The minimum atomic E-state index is -0.688. The molecule has 2 unspecified atom stereocenters. The standard InChI is InChI=1S/C23H27N3O5/c1-15(27)24-13-19-22(25-21(28)11-16-7-5-4-6-8-16)23(29)26(19)14-17-9-10-18(30-2)12-20(17)31-3/h4-10,12,19,22H,11,13-14H2,1-3H3,(H,24,27)(H,25,28). The molecular weight excluding hydrogens is 398 g/mol. The van der Waals surface area contributed by atoms with Crippen molar-refractivity contribution in [3.63, 3.8) is 0 Å². The van der Waals surface area contributed by atoms with Crippen LogP contribution in [0, 0.1) is 0 Å². The summed E-state index contributed by atoms with van der Waals surface area (Å²) in [5, 5.41) is 5.57. The molecule has 0 bridgehead atoms. The molecule has 164 valence electrons. The second-order valence-electron chi connectivity index (χ2n) is 7.36. The van der Waals surface area contributed by atoms with Crippen molar-refractivity contribution < 1.29 is 23.9 Å². The lowest BCUT2D eigenvalue weighted by Gasteiger charge is -2.47. The summed E-state index contributed by atoms with van der Waals surface area (Å²) < 4.78 is 10.6. The molecule has 0 saturated carbocycles. The molecule has 31 heavy (non-hydrogen) atoms. The predicted molar refractivity (Wildman–Crippen MR) is 115 cm³/mol. The van der Waals surface area contributed by atoms with Crippen molar-refractivity contribution in [1.29, 1.82) is 0 Å². The highest BCUT2D eigenvalue weighted by Gasteiger charge is 2.48. The van der Waals surface area contributed by atoms with Gasteiger partial charge in [0.1, 0.15) is 17.5 Å². The van der Waals surface area contributed by atoms with Crippen LogP contribution in [0.15, 0.2) is 48.5 Å². The topological polar surface area (TPSA) is 97.0 Å². The third kappa shape index (κ3) is 5.33. The average molecular weight is 425 g/mol. The highest BCUT2D eigenvalue weighted by Crippen LogP contribution is 2.30. The number of rotatable bonds is 9. The van der Waals surface area contributed by atoms with Gasteiger partial charge in [-0.1, -0.05) is 30.3 Å². The zero-order chi connectivity index (χ0) is 22.4. The van der Waals surface area contributed by atoms with Crippen LogP contribution in [0.25, 0.3) is 0 Å². The van der Waals surface area contributed by atoms with E-state index in [1.54, 1.807) is 31.3 Å². The fourth-order valence-electron chi connectivity index (χ4n) is 3.61. The Hall–Kier alpha value is -3.55. The van der Waals surface area contributed by atoms with E-state index in [1.807, 2.05) is 36.4 Å². The van der Waals surface area contributed by atoms with Crippen LogP contribution in [0.1, 0.15) is 18.1 Å². The smallest absolute Gasteiger partial charge is 0.248 e. The number of benzene rings is 2. The van der Waals surface area contributed by atoms with Crippen LogP contribution in [-0.4, -0.2) is 55.5 Å². The monoisotopic (exact) mass is 425 g/mol. The number of amides is 3. The van der Waals surface area contributed by atoms with Crippen LogP contribution in [-0.2, 0) is 27.3 Å². The van der Waals surface area contributed by atoms with E-state index in [0.717, 1.165) is 11.1 Å². The molecule has 1 aliphatic rings. The van der Waals surface area contributed by atoms with Gasteiger partial charge in [0.25, 0.3) is 0 Å². The fraction of sp³-hybridized carbons (Fsp3) is 0.348. The second-order valence-corrected chi connectivity index (χ2v) is 7.36. The van der Waals surface area contributed by atoms with E-state index in [9.17, 15) is 14.4 Å². The molecule has 1 fully saturated rings. The number of carbonyl (C=O) groups is 3. The summed E-state index contributed by atoms with van der Waals surface area (Å²) in [4.78, 5) is 38.4. The van der Waals surface area contributed by atoms with Gasteiger partial charge in [0.05, 0.1) is 26.7 Å². The summed E-state index contributed by atoms with van der Waals surface area (Å²) >= 11 is 0. The number of ether oxygens (including phenoxy) is 2. The zero-order valence-electron chi connectivity index (χ0n) is 17.9. The van der Waals surface area contributed by atoms with Crippen LogP contribution < -0.4 is 20.1 Å². The summed E-state index contributed by atoms with van der Waals surface area (Å²) in [6.45, 7) is 1.96. The van der Waals surface area contributed by atoms with Gasteiger partial charge in [-0.25, -0.2) is 0 Å². The Morgan fingerprint density at radius 2 is 1.81 bits per heavy atom. The van der Waals surface area contributed by atoms with Crippen molar-refractivity contribution >= 4 is 17.7 Å². The van der Waals surface area contributed by atoms with Gasteiger partial charge in [0.2, 0.25) is 17.7 Å². The summed E-state index contributed by atoms with van der Waals surface area (Å²) in [6, 6.07) is 13.7. The van der Waals surface area contributed by atoms with Gasteiger partial charge >= 0.3 is 0 Å². The Morgan fingerprint density at radius 3 is 2.45 bits per heavy atom. The first-order valence-corrected chi connectivity index (χ1v) is 10.0. The lowest BCUT2D eigenvalue weighted by Crippen LogP contribution is -2.72. The molecule has 0 aromatic heterocycles. The van der Waals surface area contributed by atoms with Gasteiger partial charge in [-0.3, -0.25) is 14.4 Å². The van der Waals surface area contributed by atoms with Gasteiger partial charge in [-0.2, -0.15) is 0 Å². The number of carbonyl (C=O) groups excluding carboxylic acids is 3. The number of β-lactam (4-membered cyclic amide) rings is 1. The maximum Gasteiger partial charge on any atom is 0.248 e. The molecule has 0 aliphatic carbocycles. The largest absolute Gasteiger partial charge is 0.497 e. The van der Waals surface area contributed by atoms with Crippen molar-refractivity contribution in [2.24, 2.45) is 0 Å². The molecule has 0 radical (unpaired) electrons. The Morgan fingerprint density at radius 1 is 1.06 bits per heavy atom. The van der Waals surface area contributed by atoms with E-state index in [4.69, 9.17) is 9.47 Å². The first-order chi connectivity index (χ1) is 14.9. The van der Waals surface area contributed by atoms with Gasteiger partial charge in [0.15, 0.2) is 0 Å². The van der Waals surface area contributed by atoms with Crippen LogP contribution >= 0.6 is 0 Å². The number of hydrogen-bond donors (Lipinski definition) is 2. The molecule has 8 nitrogen and oxygen atoms in total. The molecule has 2 aromatic carbocycles. The Kier molecular flexibility index (Phi) is 7.12. The van der Waals surface area contributed by atoms with E-state index in [-0.39, 0.29) is 36.7 Å². The quantitative estimate of drug-likeness (QED) is 0.590. The number of hydrogen-bond acceptors (Lipinski definition) is 5. The summed E-state index contributed by atoms with van der Waals surface area (Å²) in [7, 11) is 3.12. The molecule has 1 saturated heterocycles. The van der Waals surface area contributed by atoms with E-state index in [0.29, 0.717) is 18.0 Å². The van der Waals surface area contributed by atoms with Crippen molar-refractivity contribution in [3.05, 3.63) is 59.7 Å². The lowest BCUT2D eigenvalue weighted by atomic mass is 9.93. The van der Waals surface area contributed by atoms with Crippen LogP contribution in [0.4, 0.5) is 0 Å². The molecule has 2 aromatic rings. The van der Waals surface area contributed by atoms with Gasteiger partial charge in [-0.05, 0) is 17.7 Å². The summed E-state index contributed by atoms with van der Waals surface area (Å²) in [5.74, 6) is 0.614.